The Morgan fingerprint density at radius 1 is 0.216 bits per heavy atom. The second-order valence-corrected chi connectivity index (χ2v) is 13.3. The van der Waals surface area contributed by atoms with Crippen LogP contribution in [0, 0.1) is 0 Å². The summed E-state index contributed by atoms with van der Waals surface area (Å²) in [7, 11) is 0. The number of rotatable bonds is 5. The summed E-state index contributed by atoms with van der Waals surface area (Å²) < 4.78 is 6.19. The zero-order chi connectivity index (χ0) is 33.7. The smallest absolute Gasteiger partial charge is 0.135 e. The van der Waals surface area contributed by atoms with Gasteiger partial charge in [0.05, 0.1) is 0 Å². The molecule has 0 saturated heterocycles. The molecule has 0 aliphatic heterocycles. The first-order valence-electron chi connectivity index (χ1n) is 17.5. The molecule has 0 radical (unpaired) electrons. The number of hydrogen-bond acceptors (Lipinski definition) is 1. The summed E-state index contributed by atoms with van der Waals surface area (Å²) in [4.78, 5) is 0. The van der Waals surface area contributed by atoms with Gasteiger partial charge in [0.15, 0.2) is 0 Å². The quantitative estimate of drug-likeness (QED) is 0.169. The van der Waals surface area contributed by atoms with E-state index in [1.807, 2.05) is 12.1 Å². The minimum absolute atomic E-state index is 0.906. The highest BCUT2D eigenvalue weighted by molar-refractivity contribution is 6.22. The molecule has 0 fully saturated rings. The molecule has 0 amide bonds. The highest BCUT2D eigenvalue weighted by atomic mass is 16.3. The fourth-order valence-electron chi connectivity index (χ4n) is 7.85. The first-order chi connectivity index (χ1) is 25.3. The summed E-state index contributed by atoms with van der Waals surface area (Å²) in [5, 5.41) is 7.28. The Balaban J connectivity index is 1.25. The molecule has 0 unspecified atom stereocenters. The van der Waals surface area contributed by atoms with Gasteiger partial charge in [-0.1, -0.05) is 152 Å². The van der Waals surface area contributed by atoms with Crippen molar-refractivity contribution in [2.45, 2.75) is 0 Å². The van der Waals surface area contributed by atoms with Crippen LogP contribution in [-0.2, 0) is 0 Å². The van der Waals surface area contributed by atoms with E-state index in [0.29, 0.717) is 0 Å². The van der Waals surface area contributed by atoms with Gasteiger partial charge in [0, 0.05) is 10.8 Å². The molecule has 1 nitrogen and oxygen atoms in total. The lowest BCUT2D eigenvalue weighted by Crippen LogP contribution is -1.92. The number of furan rings is 1. The van der Waals surface area contributed by atoms with Gasteiger partial charge in [-0.05, 0) is 120 Å². The predicted molar refractivity (Wildman–Crippen MR) is 216 cm³/mol. The monoisotopic (exact) mass is 648 g/mol. The molecule has 0 spiro atoms. The van der Waals surface area contributed by atoms with E-state index in [4.69, 9.17) is 4.42 Å². The van der Waals surface area contributed by atoms with E-state index >= 15 is 0 Å². The normalized spacial score (nSPS) is 11.5. The fraction of sp³-hybridized carbons (Fsp3) is 0. The molecule has 1 heterocycles. The summed E-state index contributed by atoms with van der Waals surface area (Å²) in [6, 6.07) is 70.2. The fourth-order valence-corrected chi connectivity index (χ4v) is 7.85. The molecule has 0 atom stereocenters. The Morgan fingerprint density at radius 2 is 0.627 bits per heavy atom. The van der Waals surface area contributed by atoms with Gasteiger partial charge in [-0.2, -0.15) is 0 Å². The van der Waals surface area contributed by atoms with Crippen LogP contribution in [0.25, 0.3) is 99.1 Å². The summed E-state index contributed by atoms with van der Waals surface area (Å²) in [5.41, 5.74) is 13.9. The van der Waals surface area contributed by atoms with Crippen molar-refractivity contribution in [2.75, 3.05) is 0 Å². The van der Waals surface area contributed by atoms with Crippen molar-refractivity contribution < 1.29 is 4.42 Å². The second-order valence-electron chi connectivity index (χ2n) is 13.3. The molecule has 10 aromatic rings. The van der Waals surface area contributed by atoms with Crippen LogP contribution in [0.2, 0.25) is 0 Å². The van der Waals surface area contributed by atoms with E-state index in [1.165, 1.54) is 71.6 Å². The molecule has 238 valence electrons. The number of hydrogen-bond donors (Lipinski definition) is 0. The molecule has 0 aliphatic rings. The number of fused-ring (bicyclic) bond motifs is 5. The first-order valence-corrected chi connectivity index (χ1v) is 17.5. The molecule has 0 saturated carbocycles. The third-order valence-corrected chi connectivity index (χ3v) is 10.2. The summed E-state index contributed by atoms with van der Waals surface area (Å²) >= 11 is 0. The molecule has 51 heavy (non-hydrogen) atoms. The Morgan fingerprint density at radius 3 is 1.24 bits per heavy atom. The maximum absolute atomic E-state index is 6.19. The van der Waals surface area contributed by atoms with Gasteiger partial charge in [0.25, 0.3) is 0 Å². The Labute approximate surface area is 296 Å². The van der Waals surface area contributed by atoms with Crippen molar-refractivity contribution in [2.24, 2.45) is 0 Å². The molecular formula is C50H32O. The summed E-state index contributed by atoms with van der Waals surface area (Å²) in [6.45, 7) is 0. The van der Waals surface area contributed by atoms with Crippen molar-refractivity contribution in [3.8, 4) is 55.6 Å². The molecule has 0 N–H and O–H groups in total. The van der Waals surface area contributed by atoms with E-state index < -0.39 is 0 Å². The minimum Gasteiger partial charge on any atom is -0.456 e. The van der Waals surface area contributed by atoms with E-state index in [2.05, 4.69) is 182 Å². The minimum atomic E-state index is 0.906. The standard InChI is InChI=1S/C50H32O/c1-4-14-33(15-5-1)38-28-39(30-40(29-38)37-25-27-48-45(31-37)41-20-12-13-23-47(41)51-48)36-24-26-44-46(32-36)50(35-18-8-3-9-19-35)43-22-11-10-21-42(43)49(44)34-16-6-2-7-17-34/h1-32H. The van der Waals surface area contributed by atoms with Crippen LogP contribution >= 0.6 is 0 Å². The van der Waals surface area contributed by atoms with Gasteiger partial charge in [-0.25, -0.2) is 0 Å². The summed E-state index contributed by atoms with van der Waals surface area (Å²) in [5.74, 6) is 0. The molecule has 1 aromatic heterocycles. The van der Waals surface area contributed by atoms with Crippen LogP contribution in [0.3, 0.4) is 0 Å². The van der Waals surface area contributed by atoms with Crippen LogP contribution in [0.4, 0.5) is 0 Å². The van der Waals surface area contributed by atoms with Gasteiger partial charge < -0.3 is 4.42 Å². The van der Waals surface area contributed by atoms with Crippen molar-refractivity contribution in [3.05, 3.63) is 194 Å². The average Bonchev–Trinajstić information content (AvgIpc) is 3.58. The van der Waals surface area contributed by atoms with Gasteiger partial charge >= 0.3 is 0 Å². The predicted octanol–water partition coefficient (Wildman–Crippen LogP) is 14.2. The molecule has 9 aromatic carbocycles. The lowest BCUT2D eigenvalue weighted by atomic mass is 9.84. The second kappa shape index (κ2) is 12.0. The highest BCUT2D eigenvalue weighted by Crippen LogP contribution is 2.45. The maximum atomic E-state index is 6.19. The zero-order valence-corrected chi connectivity index (χ0v) is 27.9. The molecule has 0 bridgehead atoms. The van der Waals surface area contributed by atoms with Crippen molar-refractivity contribution >= 4 is 43.5 Å². The summed E-state index contributed by atoms with van der Waals surface area (Å²) in [6.07, 6.45) is 0. The zero-order valence-electron chi connectivity index (χ0n) is 27.9. The maximum Gasteiger partial charge on any atom is 0.135 e. The third-order valence-electron chi connectivity index (χ3n) is 10.2. The van der Waals surface area contributed by atoms with Gasteiger partial charge in [0.1, 0.15) is 11.2 Å². The lowest BCUT2D eigenvalue weighted by Gasteiger charge is -2.19. The van der Waals surface area contributed by atoms with Gasteiger partial charge in [0.2, 0.25) is 0 Å². The van der Waals surface area contributed by atoms with Crippen LogP contribution in [0.15, 0.2) is 199 Å². The average molecular weight is 649 g/mol. The Hall–Kier alpha value is -6.70. The number of para-hydroxylation sites is 1. The Kier molecular flexibility index (Phi) is 6.89. The van der Waals surface area contributed by atoms with Crippen LogP contribution in [0.5, 0.6) is 0 Å². The largest absolute Gasteiger partial charge is 0.456 e. The lowest BCUT2D eigenvalue weighted by molar-refractivity contribution is 0.669. The molecule has 0 aliphatic carbocycles. The van der Waals surface area contributed by atoms with Gasteiger partial charge in [-0.3, -0.25) is 0 Å². The molecule has 1 heteroatoms. The molecule has 10 rings (SSSR count). The Bertz CT molecular complexity index is 2880. The first kappa shape index (κ1) is 29.2. The topological polar surface area (TPSA) is 13.1 Å². The van der Waals surface area contributed by atoms with Crippen LogP contribution in [0.1, 0.15) is 0 Å². The van der Waals surface area contributed by atoms with E-state index in [1.54, 1.807) is 0 Å². The van der Waals surface area contributed by atoms with Crippen molar-refractivity contribution in [1.29, 1.82) is 0 Å². The number of benzene rings is 9. The van der Waals surface area contributed by atoms with Crippen LogP contribution < -0.4 is 0 Å². The van der Waals surface area contributed by atoms with Crippen LogP contribution in [-0.4, -0.2) is 0 Å². The van der Waals surface area contributed by atoms with E-state index in [0.717, 1.165) is 27.5 Å². The highest BCUT2D eigenvalue weighted by Gasteiger charge is 2.18. The van der Waals surface area contributed by atoms with Gasteiger partial charge in [-0.15, -0.1) is 0 Å². The van der Waals surface area contributed by atoms with E-state index in [-0.39, 0.29) is 0 Å². The SMILES string of the molecule is c1ccc(-c2cc(-c3ccc4c(-c5ccccc5)c5ccccc5c(-c5ccccc5)c4c3)cc(-c3ccc4oc5ccccc5c4c3)c2)cc1. The van der Waals surface area contributed by atoms with E-state index in [9.17, 15) is 0 Å². The third kappa shape index (κ3) is 5.02. The van der Waals surface area contributed by atoms with Crippen molar-refractivity contribution in [3.63, 3.8) is 0 Å². The molecular weight excluding hydrogens is 617 g/mol. The van der Waals surface area contributed by atoms with Crippen molar-refractivity contribution in [1.82, 2.24) is 0 Å².